The van der Waals surface area contributed by atoms with Gasteiger partial charge in [-0.15, -0.1) is 0 Å². The lowest BCUT2D eigenvalue weighted by Gasteiger charge is -2.18. The van der Waals surface area contributed by atoms with Crippen molar-refractivity contribution in [2.75, 3.05) is 13.2 Å². The Morgan fingerprint density at radius 1 is 1.44 bits per heavy atom. The summed E-state index contributed by atoms with van der Waals surface area (Å²) in [4.78, 5) is 11.1. The molecule has 0 bridgehead atoms. The molecule has 1 aromatic rings. The van der Waals surface area contributed by atoms with E-state index in [4.69, 9.17) is 15.2 Å². The van der Waals surface area contributed by atoms with Gasteiger partial charge in [0.2, 0.25) is 0 Å². The van der Waals surface area contributed by atoms with Crippen molar-refractivity contribution < 1.29 is 14.3 Å². The number of nitrogens with two attached hydrogens (primary N) is 1. The molecule has 0 saturated carbocycles. The third kappa shape index (κ3) is 3.36. The molecule has 0 saturated heterocycles. The van der Waals surface area contributed by atoms with Crippen molar-refractivity contribution in [3.63, 3.8) is 0 Å². The number of primary amides is 1. The number of nitrogens with zero attached hydrogens (tertiary/aromatic N) is 1. The van der Waals surface area contributed by atoms with E-state index in [0.29, 0.717) is 25.5 Å². The molecule has 1 rings (SSSR count). The highest BCUT2D eigenvalue weighted by Crippen LogP contribution is 2.06. The Labute approximate surface area is 95.1 Å². The zero-order chi connectivity index (χ0) is 12.0. The van der Waals surface area contributed by atoms with Crippen LogP contribution in [0.3, 0.4) is 0 Å². The Kier molecular flexibility index (Phi) is 5.01. The summed E-state index contributed by atoms with van der Waals surface area (Å²) in [5.74, 6) is -0.447. The first-order valence-corrected chi connectivity index (χ1v) is 5.37. The molecule has 5 nitrogen and oxygen atoms in total. The number of hydrogen-bond donors (Lipinski definition) is 1. The van der Waals surface area contributed by atoms with Crippen LogP contribution in [0, 0.1) is 0 Å². The van der Waals surface area contributed by atoms with E-state index in [1.807, 2.05) is 13.8 Å². The summed E-state index contributed by atoms with van der Waals surface area (Å²) in [7, 11) is 0. The molecule has 1 heterocycles. The van der Waals surface area contributed by atoms with Gasteiger partial charge in [-0.25, -0.2) is 0 Å². The monoisotopic (exact) mass is 226 g/mol. The predicted molar refractivity (Wildman–Crippen MR) is 60.0 cm³/mol. The van der Waals surface area contributed by atoms with Crippen molar-refractivity contribution in [2.45, 2.75) is 26.7 Å². The summed E-state index contributed by atoms with van der Waals surface area (Å²) >= 11 is 0. The minimum Gasteiger partial charge on any atom is -0.364 e. The summed E-state index contributed by atoms with van der Waals surface area (Å²) < 4.78 is 12.5. The van der Waals surface area contributed by atoms with Gasteiger partial charge in [0.05, 0.1) is 6.54 Å². The van der Waals surface area contributed by atoms with E-state index < -0.39 is 5.91 Å². The molecule has 0 spiro atoms. The maximum Gasteiger partial charge on any atom is 0.265 e. The van der Waals surface area contributed by atoms with E-state index >= 15 is 0 Å². The molecule has 16 heavy (non-hydrogen) atoms. The molecule has 0 aliphatic heterocycles. The molecule has 0 aliphatic rings. The Morgan fingerprint density at radius 3 is 2.56 bits per heavy atom. The maximum absolute atomic E-state index is 11.1. The van der Waals surface area contributed by atoms with Crippen molar-refractivity contribution >= 4 is 5.91 Å². The number of hydrogen-bond acceptors (Lipinski definition) is 3. The van der Waals surface area contributed by atoms with Gasteiger partial charge in [-0.1, -0.05) is 0 Å². The average molecular weight is 226 g/mol. The van der Waals surface area contributed by atoms with Crippen LogP contribution in [0.4, 0.5) is 0 Å². The fourth-order valence-electron chi connectivity index (χ4n) is 1.48. The summed E-state index contributed by atoms with van der Waals surface area (Å²) in [6, 6.07) is 3.45. The average Bonchev–Trinajstić information content (AvgIpc) is 2.66. The minimum absolute atomic E-state index is 0.347. The normalized spacial score (nSPS) is 10.9. The lowest BCUT2D eigenvalue weighted by Crippen LogP contribution is -2.26. The molecule has 1 aromatic heterocycles. The molecule has 90 valence electrons. The van der Waals surface area contributed by atoms with Crippen molar-refractivity contribution in [3.05, 3.63) is 24.0 Å². The van der Waals surface area contributed by atoms with Crippen LogP contribution in [0.5, 0.6) is 0 Å². The molecule has 5 heteroatoms. The number of rotatable bonds is 7. The van der Waals surface area contributed by atoms with Crippen LogP contribution >= 0.6 is 0 Å². The number of carbonyl (C=O) groups is 1. The van der Waals surface area contributed by atoms with Gasteiger partial charge in [-0.3, -0.25) is 4.79 Å². The second kappa shape index (κ2) is 6.30. The number of amides is 1. The highest BCUT2D eigenvalue weighted by Gasteiger charge is 2.13. The second-order valence-corrected chi connectivity index (χ2v) is 3.25. The molecule has 2 N–H and O–H groups in total. The van der Waals surface area contributed by atoms with E-state index in [0.717, 1.165) is 0 Å². The van der Waals surface area contributed by atoms with Gasteiger partial charge in [0.25, 0.3) is 5.91 Å². The summed E-state index contributed by atoms with van der Waals surface area (Å²) in [6.07, 6.45) is 1.44. The quantitative estimate of drug-likeness (QED) is 0.705. The van der Waals surface area contributed by atoms with Crippen LogP contribution in [-0.2, 0) is 16.0 Å². The van der Waals surface area contributed by atoms with E-state index in [1.165, 1.54) is 0 Å². The molecule has 0 fully saturated rings. The summed E-state index contributed by atoms with van der Waals surface area (Å²) in [6.45, 7) is 5.40. The van der Waals surface area contributed by atoms with E-state index in [2.05, 4.69) is 0 Å². The fourth-order valence-corrected chi connectivity index (χ4v) is 1.48. The first-order chi connectivity index (χ1) is 7.69. The van der Waals surface area contributed by atoms with Gasteiger partial charge in [0.15, 0.2) is 6.29 Å². The van der Waals surface area contributed by atoms with Crippen molar-refractivity contribution in [2.24, 2.45) is 5.73 Å². The van der Waals surface area contributed by atoms with Crippen LogP contribution in [0.2, 0.25) is 0 Å². The van der Waals surface area contributed by atoms with Crippen molar-refractivity contribution in [1.29, 1.82) is 0 Å². The molecular formula is C11H18N2O3. The van der Waals surface area contributed by atoms with Crippen LogP contribution in [-0.4, -0.2) is 30.0 Å². The topological polar surface area (TPSA) is 66.5 Å². The first kappa shape index (κ1) is 12.7. The standard InChI is InChI=1S/C11H18N2O3/c1-3-15-10(16-4-2)8-13-7-5-6-9(13)11(12)14/h5-7,10H,3-4,8H2,1-2H3,(H2,12,14). The predicted octanol–water partition coefficient (Wildman–Crippen LogP) is 0.986. The summed E-state index contributed by atoms with van der Waals surface area (Å²) in [5, 5.41) is 0. The molecule has 0 aromatic carbocycles. The van der Waals surface area contributed by atoms with Crippen LogP contribution in [0.1, 0.15) is 24.3 Å². The molecular weight excluding hydrogens is 208 g/mol. The first-order valence-electron chi connectivity index (χ1n) is 5.37. The molecule has 0 aliphatic carbocycles. The van der Waals surface area contributed by atoms with Gasteiger partial charge >= 0.3 is 0 Å². The zero-order valence-electron chi connectivity index (χ0n) is 9.68. The smallest absolute Gasteiger partial charge is 0.265 e. The van der Waals surface area contributed by atoms with Crippen LogP contribution in [0.15, 0.2) is 18.3 Å². The van der Waals surface area contributed by atoms with Crippen LogP contribution in [0.25, 0.3) is 0 Å². The van der Waals surface area contributed by atoms with Gasteiger partial charge < -0.3 is 19.8 Å². The Morgan fingerprint density at radius 2 is 2.06 bits per heavy atom. The Balaban J connectivity index is 2.68. The Hall–Kier alpha value is -1.33. The molecule has 0 unspecified atom stereocenters. The van der Waals surface area contributed by atoms with Gasteiger partial charge in [-0.05, 0) is 26.0 Å². The van der Waals surface area contributed by atoms with Gasteiger partial charge in [0, 0.05) is 19.4 Å². The minimum atomic E-state index is -0.447. The molecule has 0 radical (unpaired) electrons. The largest absolute Gasteiger partial charge is 0.364 e. The van der Waals surface area contributed by atoms with Crippen molar-refractivity contribution in [3.8, 4) is 0 Å². The van der Waals surface area contributed by atoms with Gasteiger partial charge in [-0.2, -0.15) is 0 Å². The maximum atomic E-state index is 11.1. The van der Waals surface area contributed by atoms with E-state index in [-0.39, 0.29) is 6.29 Å². The third-order valence-electron chi connectivity index (χ3n) is 2.13. The Bertz CT molecular complexity index is 330. The number of carbonyl (C=O) groups excluding carboxylic acids is 1. The zero-order valence-corrected chi connectivity index (χ0v) is 9.68. The number of aromatic nitrogens is 1. The van der Waals surface area contributed by atoms with Crippen molar-refractivity contribution in [1.82, 2.24) is 4.57 Å². The second-order valence-electron chi connectivity index (χ2n) is 3.25. The summed E-state index contributed by atoms with van der Waals surface area (Å²) in [5.41, 5.74) is 5.70. The SMILES string of the molecule is CCOC(Cn1cccc1C(N)=O)OCC. The third-order valence-corrected chi connectivity index (χ3v) is 2.13. The lowest BCUT2D eigenvalue weighted by atomic mass is 10.4. The molecule has 1 amide bonds. The van der Waals surface area contributed by atoms with E-state index in [9.17, 15) is 4.79 Å². The lowest BCUT2D eigenvalue weighted by molar-refractivity contribution is -0.143. The highest BCUT2D eigenvalue weighted by atomic mass is 16.7. The van der Waals surface area contributed by atoms with Gasteiger partial charge in [0.1, 0.15) is 5.69 Å². The highest BCUT2D eigenvalue weighted by molar-refractivity contribution is 5.91. The van der Waals surface area contributed by atoms with E-state index in [1.54, 1.807) is 22.9 Å². The van der Waals surface area contributed by atoms with Crippen LogP contribution < -0.4 is 5.73 Å². The number of ether oxygens (including phenoxy) is 2. The molecule has 0 atom stereocenters. The fraction of sp³-hybridized carbons (Fsp3) is 0.545.